The van der Waals surface area contributed by atoms with Crippen LogP contribution in [0.1, 0.15) is 41.8 Å². The Morgan fingerprint density at radius 1 is 1.35 bits per heavy atom. The third-order valence-electron chi connectivity index (χ3n) is 5.30. The van der Waals surface area contributed by atoms with Gasteiger partial charge in [-0.05, 0) is 44.0 Å². The lowest BCUT2D eigenvalue weighted by Gasteiger charge is -2.15. The van der Waals surface area contributed by atoms with Crippen LogP contribution < -0.4 is 5.56 Å². The first-order chi connectivity index (χ1) is 12.5. The molecule has 6 heteroatoms. The zero-order valence-corrected chi connectivity index (χ0v) is 15.1. The fraction of sp³-hybridized carbons (Fsp3) is 0.400. The van der Waals surface area contributed by atoms with Crippen LogP contribution in [0.3, 0.4) is 0 Å². The molecule has 3 heterocycles. The van der Waals surface area contributed by atoms with Crippen LogP contribution in [-0.2, 0) is 13.0 Å². The van der Waals surface area contributed by atoms with Crippen LogP contribution in [0.5, 0.6) is 0 Å². The van der Waals surface area contributed by atoms with Gasteiger partial charge in [0.2, 0.25) is 0 Å². The molecule has 1 aliphatic rings. The SMILES string of the molecule is CCc1c(C)nc2cc([C@@H]3CCN(Cc4cccc(F)c4)C3)[nH]n2c1=O. The van der Waals surface area contributed by atoms with Crippen molar-refractivity contribution >= 4 is 5.65 Å². The Hall–Kier alpha value is -2.47. The number of likely N-dealkylation sites (tertiary alicyclic amines) is 1. The number of aromatic amines is 1. The molecule has 3 aromatic rings. The van der Waals surface area contributed by atoms with E-state index < -0.39 is 0 Å². The van der Waals surface area contributed by atoms with Gasteiger partial charge in [0, 0.05) is 42.0 Å². The van der Waals surface area contributed by atoms with Crippen molar-refractivity contribution in [2.45, 2.75) is 39.2 Å². The fourth-order valence-electron chi connectivity index (χ4n) is 3.93. The number of halogens is 1. The maximum atomic E-state index is 13.4. The summed E-state index contributed by atoms with van der Waals surface area (Å²) < 4.78 is 14.9. The third kappa shape index (κ3) is 3.05. The van der Waals surface area contributed by atoms with Gasteiger partial charge in [-0.2, -0.15) is 0 Å². The molecule has 1 fully saturated rings. The second-order valence-corrected chi connectivity index (χ2v) is 7.09. The molecule has 1 atom stereocenters. The summed E-state index contributed by atoms with van der Waals surface area (Å²) in [5.74, 6) is 0.136. The molecule has 0 radical (unpaired) electrons. The Kier molecular flexibility index (Phi) is 4.36. The number of nitrogens with zero attached hydrogens (tertiary/aromatic N) is 3. The Labute approximate surface area is 151 Å². The first-order valence-corrected chi connectivity index (χ1v) is 9.13. The molecule has 2 aromatic heterocycles. The van der Waals surface area contributed by atoms with E-state index in [0.29, 0.717) is 18.0 Å². The molecule has 4 rings (SSSR count). The Morgan fingerprint density at radius 3 is 2.96 bits per heavy atom. The Morgan fingerprint density at radius 2 is 2.19 bits per heavy atom. The Balaban J connectivity index is 1.55. The van der Waals surface area contributed by atoms with Crippen LogP contribution in [0, 0.1) is 12.7 Å². The normalized spacial score (nSPS) is 18.0. The number of benzene rings is 1. The van der Waals surface area contributed by atoms with E-state index in [1.54, 1.807) is 16.6 Å². The van der Waals surface area contributed by atoms with Gasteiger partial charge in [-0.3, -0.25) is 14.8 Å². The quantitative estimate of drug-likeness (QED) is 0.784. The topological polar surface area (TPSA) is 53.4 Å². The van der Waals surface area contributed by atoms with Gasteiger partial charge in [0.1, 0.15) is 5.82 Å². The number of fused-ring (bicyclic) bond motifs is 1. The van der Waals surface area contributed by atoms with Gasteiger partial charge in [-0.25, -0.2) is 13.9 Å². The van der Waals surface area contributed by atoms with Gasteiger partial charge in [0.05, 0.1) is 0 Å². The minimum atomic E-state index is -0.193. The summed E-state index contributed by atoms with van der Waals surface area (Å²) in [6.45, 7) is 6.45. The maximum Gasteiger partial charge on any atom is 0.276 e. The summed E-state index contributed by atoms with van der Waals surface area (Å²) in [5, 5.41) is 3.26. The standard InChI is InChI=1S/C20H23FN4O/c1-3-17-13(2)22-19-10-18(23-25(19)20(17)26)15-7-8-24(12-15)11-14-5-4-6-16(21)9-14/h4-6,9-10,15,23H,3,7-8,11-12H2,1-2H3/t15-/m1/s1. The second kappa shape index (κ2) is 6.68. The van der Waals surface area contributed by atoms with Crippen LogP contribution in [0.2, 0.25) is 0 Å². The van der Waals surface area contributed by atoms with Crippen molar-refractivity contribution in [3.8, 4) is 0 Å². The highest BCUT2D eigenvalue weighted by atomic mass is 19.1. The molecule has 1 N–H and O–H groups in total. The number of rotatable bonds is 4. The number of H-pyrrole nitrogens is 1. The van der Waals surface area contributed by atoms with Gasteiger partial charge >= 0.3 is 0 Å². The van der Waals surface area contributed by atoms with Crippen molar-refractivity contribution in [3.05, 3.63) is 69.0 Å². The zero-order chi connectivity index (χ0) is 18.3. The highest BCUT2D eigenvalue weighted by Gasteiger charge is 2.26. The maximum absolute atomic E-state index is 13.4. The second-order valence-electron chi connectivity index (χ2n) is 7.09. The summed E-state index contributed by atoms with van der Waals surface area (Å²) in [4.78, 5) is 19.5. The summed E-state index contributed by atoms with van der Waals surface area (Å²) in [6.07, 6.45) is 1.69. The average Bonchev–Trinajstić information content (AvgIpc) is 3.22. The summed E-state index contributed by atoms with van der Waals surface area (Å²) in [5.41, 5.74) is 4.28. The summed E-state index contributed by atoms with van der Waals surface area (Å²) in [6, 6.07) is 8.76. The van der Waals surface area contributed by atoms with Gasteiger partial charge in [0.15, 0.2) is 5.65 Å². The zero-order valence-electron chi connectivity index (χ0n) is 15.1. The smallest absolute Gasteiger partial charge is 0.276 e. The first-order valence-electron chi connectivity index (χ1n) is 9.13. The highest BCUT2D eigenvalue weighted by Crippen LogP contribution is 2.27. The van der Waals surface area contributed by atoms with Crippen LogP contribution in [0.4, 0.5) is 4.39 Å². The van der Waals surface area contributed by atoms with Crippen molar-refractivity contribution in [3.63, 3.8) is 0 Å². The van der Waals surface area contributed by atoms with Crippen molar-refractivity contribution < 1.29 is 4.39 Å². The fourth-order valence-corrected chi connectivity index (χ4v) is 3.93. The minimum absolute atomic E-state index is 0.00383. The van der Waals surface area contributed by atoms with Gasteiger partial charge in [-0.15, -0.1) is 0 Å². The van der Waals surface area contributed by atoms with Gasteiger partial charge in [0.25, 0.3) is 5.56 Å². The highest BCUT2D eigenvalue weighted by molar-refractivity contribution is 5.42. The van der Waals surface area contributed by atoms with Crippen molar-refractivity contribution in [1.29, 1.82) is 0 Å². The molecule has 1 aliphatic heterocycles. The van der Waals surface area contributed by atoms with E-state index in [9.17, 15) is 9.18 Å². The molecular formula is C20H23FN4O. The van der Waals surface area contributed by atoms with E-state index in [-0.39, 0.29) is 11.4 Å². The largest absolute Gasteiger partial charge is 0.298 e. The third-order valence-corrected chi connectivity index (χ3v) is 5.30. The van der Waals surface area contributed by atoms with E-state index >= 15 is 0 Å². The van der Waals surface area contributed by atoms with Crippen LogP contribution >= 0.6 is 0 Å². The first kappa shape index (κ1) is 17.0. The number of hydrogen-bond donors (Lipinski definition) is 1. The molecule has 0 aliphatic carbocycles. The summed E-state index contributed by atoms with van der Waals surface area (Å²) >= 11 is 0. The van der Waals surface area contributed by atoms with E-state index in [4.69, 9.17) is 0 Å². The lowest BCUT2D eigenvalue weighted by Crippen LogP contribution is -2.22. The van der Waals surface area contributed by atoms with Gasteiger partial charge in [-0.1, -0.05) is 19.1 Å². The van der Waals surface area contributed by atoms with Crippen molar-refractivity contribution in [2.24, 2.45) is 0 Å². The predicted octanol–water partition coefficient (Wildman–Crippen LogP) is 3.02. The van der Waals surface area contributed by atoms with Crippen molar-refractivity contribution in [1.82, 2.24) is 19.5 Å². The molecule has 0 spiro atoms. The average molecular weight is 354 g/mol. The number of aryl methyl sites for hydroxylation is 1. The molecule has 0 amide bonds. The molecule has 1 aromatic carbocycles. The monoisotopic (exact) mass is 354 g/mol. The molecule has 136 valence electrons. The molecular weight excluding hydrogens is 331 g/mol. The number of nitrogens with one attached hydrogen (secondary N) is 1. The molecule has 0 bridgehead atoms. The van der Waals surface area contributed by atoms with E-state index in [2.05, 4.69) is 15.0 Å². The lowest BCUT2D eigenvalue weighted by atomic mass is 10.1. The molecule has 5 nitrogen and oxygen atoms in total. The lowest BCUT2D eigenvalue weighted by molar-refractivity contribution is 0.325. The van der Waals surface area contributed by atoms with Crippen LogP contribution in [-0.4, -0.2) is 32.6 Å². The molecule has 26 heavy (non-hydrogen) atoms. The predicted molar refractivity (Wildman–Crippen MR) is 99.0 cm³/mol. The van der Waals surface area contributed by atoms with Crippen LogP contribution in [0.25, 0.3) is 5.65 Å². The van der Waals surface area contributed by atoms with E-state index in [1.165, 1.54) is 6.07 Å². The van der Waals surface area contributed by atoms with Gasteiger partial charge < -0.3 is 0 Å². The molecule has 1 saturated heterocycles. The van der Waals surface area contributed by atoms with Crippen LogP contribution in [0.15, 0.2) is 35.1 Å². The Bertz CT molecular complexity index is 1010. The summed E-state index contributed by atoms with van der Waals surface area (Å²) in [7, 11) is 0. The van der Waals surface area contributed by atoms with Crippen molar-refractivity contribution in [2.75, 3.05) is 13.1 Å². The molecule has 0 unspecified atom stereocenters. The number of hydrogen-bond acceptors (Lipinski definition) is 3. The van der Waals surface area contributed by atoms with E-state index in [1.807, 2.05) is 26.0 Å². The van der Waals surface area contributed by atoms with E-state index in [0.717, 1.165) is 48.6 Å². The number of aromatic nitrogens is 3. The minimum Gasteiger partial charge on any atom is -0.298 e. The molecule has 0 saturated carbocycles.